The second-order valence-electron chi connectivity index (χ2n) is 8.62. The van der Waals surface area contributed by atoms with Gasteiger partial charge in [0.15, 0.2) is 0 Å². The largest absolute Gasteiger partial charge is 0.444 e. The Morgan fingerprint density at radius 2 is 1.81 bits per heavy atom. The number of piperidine rings is 1. The van der Waals surface area contributed by atoms with Crippen LogP contribution in [-0.2, 0) is 9.53 Å². The van der Waals surface area contributed by atoms with E-state index in [1.54, 1.807) is 6.92 Å². The first-order valence-electron chi connectivity index (χ1n) is 9.36. The molecule has 0 aromatic carbocycles. The van der Waals surface area contributed by atoms with E-state index in [-0.39, 0.29) is 17.9 Å². The first kappa shape index (κ1) is 22.2. The average Bonchev–Trinajstić information content (AvgIpc) is 2.52. The molecule has 0 radical (unpaired) electrons. The van der Waals surface area contributed by atoms with Crippen LogP contribution >= 0.6 is 0 Å². The quantitative estimate of drug-likeness (QED) is 0.752. The summed E-state index contributed by atoms with van der Waals surface area (Å²) in [5.74, 6) is 0.316. The fourth-order valence-electron chi connectivity index (χ4n) is 2.72. The van der Waals surface area contributed by atoms with Gasteiger partial charge in [-0.05, 0) is 65.5 Å². The normalized spacial score (nSPS) is 18.7. The molecule has 1 aliphatic rings. The zero-order valence-corrected chi connectivity index (χ0v) is 17.0. The molecule has 1 saturated heterocycles. The smallest absolute Gasteiger partial charge is 0.407 e. The van der Waals surface area contributed by atoms with E-state index in [0.29, 0.717) is 19.0 Å². The Morgan fingerprint density at radius 3 is 2.27 bits per heavy atom. The zero-order valence-electron chi connectivity index (χ0n) is 17.0. The fraction of sp³-hybridized carbons (Fsp3) is 0.842. The van der Waals surface area contributed by atoms with Gasteiger partial charge >= 0.3 is 6.09 Å². The van der Waals surface area contributed by atoms with Crippen LogP contribution in [0.5, 0.6) is 0 Å². The van der Waals surface area contributed by atoms with Gasteiger partial charge in [-0.1, -0.05) is 13.8 Å². The molecule has 1 atom stereocenters. The van der Waals surface area contributed by atoms with Crippen molar-refractivity contribution in [3.8, 4) is 6.07 Å². The highest BCUT2D eigenvalue weighted by Gasteiger charge is 2.31. The number of amides is 2. The lowest BCUT2D eigenvalue weighted by molar-refractivity contribution is -0.124. The van der Waals surface area contributed by atoms with Gasteiger partial charge in [-0.2, -0.15) is 5.26 Å². The number of rotatable bonds is 6. The summed E-state index contributed by atoms with van der Waals surface area (Å²) in [7, 11) is 0. The summed E-state index contributed by atoms with van der Waals surface area (Å²) in [5.41, 5.74) is -1.33. The number of nitrogens with zero attached hydrogens (tertiary/aromatic N) is 2. The van der Waals surface area contributed by atoms with Crippen LogP contribution in [0, 0.1) is 23.2 Å². The molecule has 1 fully saturated rings. The van der Waals surface area contributed by atoms with Gasteiger partial charge in [-0.3, -0.25) is 9.69 Å². The molecule has 1 aliphatic heterocycles. The Balaban J connectivity index is 2.33. The number of carbonyl (C=O) groups excluding carboxylic acids is 2. The minimum atomic E-state index is -0.841. The molecule has 26 heavy (non-hydrogen) atoms. The molecule has 1 rings (SSSR count). The van der Waals surface area contributed by atoms with E-state index < -0.39 is 11.1 Å². The van der Waals surface area contributed by atoms with Crippen LogP contribution in [0.3, 0.4) is 0 Å². The predicted octanol–water partition coefficient (Wildman–Crippen LogP) is 2.28. The zero-order chi connectivity index (χ0) is 20.0. The third-order valence-electron chi connectivity index (χ3n) is 4.79. The SMILES string of the molecule is CC(C)C(C)(C#N)NC(=O)CN1CCC(CNC(=O)OC(C)(C)C)CC1. The molecule has 1 heterocycles. The molecule has 7 nitrogen and oxygen atoms in total. The molecule has 2 N–H and O–H groups in total. The summed E-state index contributed by atoms with van der Waals surface area (Å²) < 4.78 is 5.24. The van der Waals surface area contributed by atoms with Gasteiger partial charge in [-0.15, -0.1) is 0 Å². The molecule has 148 valence electrons. The first-order chi connectivity index (χ1) is 11.9. The monoisotopic (exact) mass is 366 g/mol. The summed E-state index contributed by atoms with van der Waals surface area (Å²) >= 11 is 0. The number of alkyl carbamates (subject to hydrolysis) is 1. The maximum absolute atomic E-state index is 12.2. The van der Waals surface area contributed by atoms with E-state index in [1.165, 1.54) is 0 Å². The third-order valence-corrected chi connectivity index (χ3v) is 4.79. The highest BCUT2D eigenvalue weighted by atomic mass is 16.6. The Hall–Kier alpha value is -1.81. The van der Waals surface area contributed by atoms with Crippen molar-refractivity contribution < 1.29 is 14.3 Å². The molecular weight excluding hydrogens is 332 g/mol. The highest BCUT2D eigenvalue weighted by molar-refractivity contribution is 5.79. The molecule has 2 amide bonds. The van der Waals surface area contributed by atoms with E-state index in [9.17, 15) is 14.9 Å². The van der Waals surface area contributed by atoms with Crippen molar-refractivity contribution in [1.29, 1.82) is 5.26 Å². The van der Waals surface area contributed by atoms with Gasteiger partial charge in [0.1, 0.15) is 11.1 Å². The molecule has 0 saturated carbocycles. The van der Waals surface area contributed by atoms with Gasteiger partial charge in [0, 0.05) is 6.54 Å². The summed E-state index contributed by atoms with van der Waals surface area (Å²) in [6.07, 6.45) is 1.45. The average molecular weight is 367 g/mol. The second-order valence-corrected chi connectivity index (χ2v) is 8.62. The molecule has 0 spiro atoms. The molecule has 0 aliphatic carbocycles. The summed E-state index contributed by atoms with van der Waals surface area (Å²) in [6, 6.07) is 2.19. The van der Waals surface area contributed by atoms with Gasteiger partial charge < -0.3 is 15.4 Å². The van der Waals surface area contributed by atoms with Gasteiger partial charge in [0.25, 0.3) is 0 Å². The minimum Gasteiger partial charge on any atom is -0.444 e. The Bertz CT molecular complexity index is 528. The van der Waals surface area contributed by atoms with Crippen molar-refractivity contribution in [2.24, 2.45) is 11.8 Å². The van der Waals surface area contributed by atoms with E-state index in [0.717, 1.165) is 25.9 Å². The van der Waals surface area contributed by atoms with E-state index >= 15 is 0 Å². The van der Waals surface area contributed by atoms with E-state index in [1.807, 2.05) is 34.6 Å². The maximum atomic E-state index is 12.2. The molecular formula is C19H34N4O3. The van der Waals surface area contributed by atoms with Gasteiger partial charge in [0.2, 0.25) is 5.91 Å². The molecule has 1 unspecified atom stereocenters. The fourth-order valence-corrected chi connectivity index (χ4v) is 2.72. The third kappa shape index (κ3) is 7.61. The van der Waals surface area contributed by atoms with Crippen molar-refractivity contribution in [3.05, 3.63) is 0 Å². The highest BCUT2D eigenvalue weighted by Crippen LogP contribution is 2.18. The second kappa shape index (κ2) is 9.22. The van der Waals surface area contributed by atoms with Crippen molar-refractivity contribution in [2.75, 3.05) is 26.2 Å². The van der Waals surface area contributed by atoms with Crippen molar-refractivity contribution in [3.63, 3.8) is 0 Å². The van der Waals surface area contributed by atoms with Crippen LogP contribution in [0.4, 0.5) is 4.79 Å². The first-order valence-corrected chi connectivity index (χ1v) is 9.36. The number of nitriles is 1. The number of carbonyl (C=O) groups is 2. The van der Waals surface area contributed by atoms with E-state index in [2.05, 4.69) is 21.6 Å². The Kier molecular flexibility index (Phi) is 7.88. The molecule has 0 aromatic heterocycles. The van der Waals surface area contributed by atoms with Crippen LogP contribution in [0.25, 0.3) is 0 Å². The summed E-state index contributed by atoms with van der Waals surface area (Å²) in [6.45, 7) is 13.6. The van der Waals surface area contributed by atoms with Gasteiger partial charge in [0.05, 0.1) is 12.6 Å². The topological polar surface area (TPSA) is 94.5 Å². The number of ether oxygens (including phenoxy) is 1. The van der Waals surface area contributed by atoms with E-state index in [4.69, 9.17) is 4.74 Å². The number of hydrogen-bond acceptors (Lipinski definition) is 5. The van der Waals surface area contributed by atoms with Crippen LogP contribution in [0.1, 0.15) is 54.4 Å². The Morgan fingerprint density at radius 1 is 1.23 bits per heavy atom. The Labute approximate surface area is 157 Å². The van der Waals surface area contributed by atoms with Crippen molar-refractivity contribution in [1.82, 2.24) is 15.5 Å². The molecule has 0 bridgehead atoms. The van der Waals surface area contributed by atoms with Gasteiger partial charge in [-0.25, -0.2) is 4.79 Å². The maximum Gasteiger partial charge on any atom is 0.407 e. The van der Waals surface area contributed by atoms with Crippen LogP contribution in [-0.4, -0.2) is 54.2 Å². The molecule has 7 heteroatoms. The number of hydrogen-bond donors (Lipinski definition) is 2. The lowest BCUT2D eigenvalue weighted by Crippen LogP contribution is -2.52. The summed E-state index contributed by atoms with van der Waals surface area (Å²) in [5, 5.41) is 15.0. The molecule has 0 aromatic rings. The summed E-state index contributed by atoms with van der Waals surface area (Å²) in [4.78, 5) is 26.0. The standard InChI is InChI=1S/C19H34N4O3/c1-14(2)19(6,13-20)22-16(24)12-23-9-7-15(8-10-23)11-21-17(25)26-18(3,4)5/h14-15H,7-12H2,1-6H3,(H,21,25)(H,22,24). The lowest BCUT2D eigenvalue weighted by atomic mass is 9.90. The predicted molar refractivity (Wildman–Crippen MR) is 100 cm³/mol. The van der Waals surface area contributed by atoms with Crippen LogP contribution < -0.4 is 10.6 Å². The minimum absolute atomic E-state index is 0.0427. The number of likely N-dealkylation sites (tertiary alicyclic amines) is 1. The van der Waals surface area contributed by atoms with Crippen LogP contribution in [0.15, 0.2) is 0 Å². The van der Waals surface area contributed by atoms with Crippen molar-refractivity contribution in [2.45, 2.75) is 65.5 Å². The van der Waals surface area contributed by atoms with Crippen LogP contribution in [0.2, 0.25) is 0 Å². The lowest BCUT2D eigenvalue weighted by Gasteiger charge is -2.33. The number of nitrogens with one attached hydrogen (secondary N) is 2. The van der Waals surface area contributed by atoms with Crippen molar-refractivity contribution >= 4 is 12.0 Å².